The molecule has 0 aromatic rings. The van der Waals surface area contributed by atoms with Gasteiger partial charge < -0.3 is 0 Å². The van der Waals surface area contributed by atoms with E-state index >= 15 is 0 Å². The SMILES string of the molecule is CCS(C)(CC)C1CC1. The zero-order valence-corrected chi connectivity index (χ0v) is 7.63. The van der Waals surface area contributed by atoms with Crippen molar-refractivity contribution in [3.05, 3.63) is 0 Å². The fourth-order valence-electron chi connectivity index (χ4n) is 1.31. The van der Waals surface area contributed by atoms with Gasteiger partial charge in [0.05, 0.1) is 0 Å². The smallest absolute Gasteiger partial charge is 0.0114 e. The zero-order chi connectivity index (χ0) is 6.91. The minimum absolute atomic E-state index is 0.120. The van der Waals surface area contributed by atoms with Crippen LogP contribution < -0.4 is 0 Å². The highest BCUT2D eigenvalue weighted by molar-refractivity contribution is 8.33. The number of hydrogen-bond donors (Lipinski definition) is 0. The van der Waals surface area contributed by atoms with Crippen molar-refractivity contribution in [3.8, 4) is 0 Å². The van der Waals surface area contributed by atoms with Crippen molar-refractivity contribution in [1.82, 2.24) is 0 Å². The lowest BCUT2D eigenvalue weighted by atomic mass is 10.9. The minimum Gasteiger partial charge on any atom is -0.242 e. The summed E-state index contributed by atoms with van der Waals surface area (Å²) in [4.78, 5) is 0. The third-order valence-electron chi connectivity index (χ3n) is 2.65. The van der Waals surface area contributed by atoms with Crippen LogP contribution in [0.5, 0.6) is 0 Å². The van der Waals surface area contributed by atoms with Crippen LogP contribution in [0, 0.1) is 0 Å². The van der Waals surface area contributed by atoms with Gasteiger partial charge in [-0.3, -0.25) is 0 Å². The molecule has 0 unspecified atom stereocenters. The molecule has 0 atom stereocenters. The Kier molecular flexibility index (Phi) is 2.10. The fraction of sp³-hybridized carbons (Fsp3) is 1.00. The van der Waals surface area contributed by atoms with Gasteiger partial charge in [0, 0.05) is 0 Å². The van der Waals surface area contributed by atoms with Crippen molar-refractivity contribution < 1.29 is 0 Å². The van der Waals surface area contributed by atoms with E-state index in [4.69, 9.17) is 0 Å². The summed E-state index contributed by atoms with van der Waals surface area (Å²) in [7, 11) is -0.120. The van der Waals surface area contributed by atoms with Gasteiger partial charge in [0.15, 0.2) is 0 Å². The molecule has 0 spiro atoms. The molecule has 0 radical (unpaired) electrons. The van der Waals surface area contributed by atoms with Crippen LogP contribution in [-0.4, -0.2) is 23.0 Å². The van der Waals surface area contributed by atoms with Crippen molar-refractivity contribution in [2.45, 2.75) is 31.9 Å². The normalized spacial score (nSPS) is 22.1. The summed E-state index contributed by atoms with van der Waals surface area (Å²) < 4.78 is 0. The van der Waals surface area contributed by atoms with Crippen molar-refractivity contribution in [3.63, 3.8) is 0 Å². The Balaban J connectivity index is 2.43. The maximum Gasteiger partial charge on any atom is -0.0114 e. The molecule has 1 fully saturated rings. The molecule has 0 aromatic carbocycles. The monoisotopic (exact) mass is 146 g/mol. The van der Waals surface area contributed by atoms with E-state index in [2.05, 4.69) is 20.1 Å². The van der Waals surface area contributed by atoms with Gasteiger partial charge in [0.25, 0.3) is 0 Å². The molecule has 9 heavy (non-hydrogen) atoms. The molecule has 0 bridgehead atoms. The molecule has 1 aliphatic carbocycles. The highest BCUT2D eigenvalue weighted by Gasteiger charge is 2.34. The van der Waals surface area contributed by atoms with Crippen LogP contribution in [0.15, 0.2) is 0 Å². The van der Waals surface area contributed by atoms with E-state index in [1.165, 1.54) is 24.3 Å². The van der Waals surface area contributed by atoms with E-state index in [0.29, 0.717) is 0 Å². The molecule has 0 nitrogen and oxygen atoms in total. The highest BCUT2D eigenvalue weighted by Crippen LogP contribution is 2.58. The third-order valence-corrected chi connectivity index (χ3v) is 7.37. The van der Waals surface area contributed by atoms with E-state index in [9.17, 15) is 0 Å². The van der Waals surface area contributed by atoms with Gasteiger partial charge in [-0.05, 0) is 35.9 Å². The molecule has 56 valence electrons. The molecule has 0 aromatic heterocycles. The lowest BCUT2D eigenvalue weighted by Crippen LogP contribution is -2.08. The van der Waals surface area contributed by atoms with Gasteiger partial charge in [0.2, 0.25) is 0 Å². The second-order valence-corrected chi connectivity index (χ2v) is 7.65. The van der Waals surface area contributed by atoms with Crippen LogP contribution in [-0.2, 0) is 0 Å². The molecule has 0 N–H and O–H groups in total. The van der Waals surface area contributed by atoms with Gasteiger partial charge in [0.1, 0.15) is 0 Å². The average Bonchev–Trinajstić information content (AvgIpc) is 2.68. The molecule has 0 heterocycles. The first kappa shape index (κ1) is 7.46. The van der Waals surface area contributed by atoms with Gasteiger partial charge in [-0.15, -0.1) is 0 Å². The van der Waals surface area contributed by atoms with Crippen LogP contribution in [0.3, 0.4) is 0 Å². The second kappa shape index (κ2) is 2.53. The average molecular weight is 146 g/mol. The van der Waals surface area contributed by atoms with Crippen LogP contribution >= 0.6 is 10.0 Å². The lowest BCUT2D eigenvalue weighted by Gasteiger charge is -2.33. The van der Waals surface area contributed by atoms with Crippen molar-refractivity contribution >= 4 is 10.0 Å². The summed E-state index contributed by atoms with van der Waals surface area (Å²) in [6, 6.07) is 0. The third kappa shape index (κ3) is 1.43. The minimum atomic E-state index is -0.120. The summed E-state index contributed by atoms with van der Waals surface area (Å²) in [6.07, 6.45) is 5.59. The second-order valence-electron chi connectivity index (χ2n) is 3.13. The summed E-state index contributed by atoms with van der Waals surface area (Å²) in [5, 5.41) is 1.16. The summed E-state index contributed by atoms with van der Waals surface area (Å²) in [6.45, 7) is 4.72. The molecule has 1 aliphatic rings. The van der Waals surface area contributed by atoms with Gasteiger partial charge in [-0.25, -0.2) is 10.0 Å². The zero-order valence-electron chi connectivity index (χ0n) is 6.81. The molecular weight excluding hydrogens is 128 g/mol. The number of hydrogen-bond acceptors (Lipinski definition) is 0. The maximum atomic E-state index is 2.52. The Labute approximate surface area is 60.3 Å². The Morgan fingerprint density at radius 2 is 1.67 bits per heavy atom. The molecule has 1 saturated carbocycles. The van der Waals surface area contributed by atoms with E-state index in [1.807, 2.05) is 0 Å². The predicted molar refractivity (Wildman–Crippen MR) is 47.6 cm³/mol. The first-order chi connectivity index (χ1) is 4.23. The Bertz CT molecular complexity index is 90.7. The maximum absolute atomic E-state index is 2.52. The first-order valence-corrected chi connectivity index (χ1v) is 6.39. The largest absolute Gasteiger partial charge is 0.242 e. The van der Waals surface area contributed by atoms with Crippen LogP contribution in [0.4, 0.5) is 0 Å². The summed E-state index contributed by atoms with van der Waals surface area (Å²) in [5.74, 6) is 2.91. The van der Waals surface area contributed by atoms with E-state index < -0.39 is 0 Å². The van der Waals surface area contributed by atoms with E-state index in [1.54, 1.807) is 0 Å². The quantitative estimate of drug-likeness (QED) is 0.574. The van der Waals surface area contributed by atoms with Crippen LogP contribution in [0.2, 0.25) is 0 Å². The molecule has 1 heteroatoms. The lowest BCUT2D eigenvalue weighted by molar-refractivity contribution is 1.33. The van der Waals surface area contributed by atoms with Gasteiger partial charge in [-0.2, -0.15) is 0 Å². The number of rotatable bonds is 3. The molecule has 0 saturated heterocycles. The molecule has 0 amide bonds. The van der Waals surface area contributed by atoms with Crippen molar-refractivity contribution in [2.75, 3.05) is 17.8 Å². The van der Waals surface area contributed by atoms with Gasteiger partial charge >= 0.3 is 0 Å². The molecule has 0 aliphatic heterocycles. The fourth-order valence-corrected chi connectivity index (χ4v) is 3.94. The Morgan fingerprint density at radius 3 is 1.78 bits per heavy atom. The highest BCUT2D eigenvalue weighted by atomic mass is 32.3. The standard InChI is InChI=1S/C8H18S/c1-4-9(3,5-2)8-6-7-8/h8H,4-7H2,1-3H3. The van der Waals surface area contributed by atoms with Crippen molar-refractivity contribution in [2.24, 2.45) is 0 Å². The van der Waals surface area contributed by atoms with Crippen molar-refractivity contribution in [1.29, 1.82) is 0 Å². The molecular formula is C8H18S. The first-order valence-electron chi connectivity index (χ1n) is 3.95. The topological polar surface area (TPSA) is 0 Å². The Morgan fingerprint density at radius 1 is 1.22 bits per heavy atom. The molecule has 1 rings (SSSR count). The predicted octanol–water partition coefficient (Wildman–Crippen LogP) is 2.62. The van der Waals surface area contributed by atoms with Gasteiger partial charge in [-0.1, -0.05) is 13.8 Å². The van der Waals surface area contributed by atoms with Crippen LogP contribution in [0.1, 0.15) is 26.7 Å². The summed E-state index contributed by atoms with van der Waals surface area (Å²) in [5.41, 5.74) is 0. The van der Waals surface area contributed by atoms with E-state index in [-0.39, 0.29) is 10.0 Å². The summed E-state index contributed by atoms with van der Waals surface area (Å²) >= 11 is 0. The van der Waals surface area contributed by atoms with E-state index in [0.717, 1.165) is 5.25 Å². The van der Waals surface area contributed by atoms with Crippen LogP contribution in [0.25, 0.3) is 0 Å². The Hall–Kier alpha value is 0.350.